The van der Waals surface area contributed by atoms with Crippen LogP contribution >= 0.6 is 0 Å². The number of rotatable bonds is 9. The summed E-state index contributed by atoms with van der Waals surface area (Å²) >= 11 is 0. The Morgan fingerprint density at radius 3 is 2.11 bits per heavy atom. The summed E-state index contributed by atoms with van der Waals surface area (Å²) in [6.45, 7) is 3.13. The molecule has 36 heavy (non-hydrogen) atoms. The van der Waals surface area contributed by atoms with Gasteiger partial charge >= 0.3 is 16.1 Å². The maximum atomic E-state index is 12.7. The summed E-state index contributed by atoms with van der Waals surface area (Å²) in [5, 5.41) is 13.9. The molecule has 3 N–H and O–H groups in total. The average molecular weight is 509 g/mol. The molecule has 10 heteroatoms. The monoisotopic (exact) mass is 508 g/mol. The number of carboxylic acid groups (broad SMARTS) is 1. The number of hydrogen-bond donors (Lipinski definition) is 3. The van der Waals surface area contributed by atoms with Crippen molar-refractivity contribution >= 4 is 34.0 Å². The topological polar surface area (TPSA) is 139 Å². The highest BCUT2D eigenvalue weighted by atomic mass is 32.2. The van der Waals surface area contributed by atoms with Crippen LogP contribution in [0.25, 0.3) is 6.08 Å². The lowest BCUT2D eigenvalue weighted by molar-refractivity contribution is -0.140. The molecular formula is C26H24N2O7S. The highest BCUT2D eigenvalue weighted by Gasteiger charge is 2.20. The van der Waals surface area contributed by atoms with Gasteiger partial charge in [0, 0.05) is 5.56 Å². The zero-order valence-electron chi connectivity index (χ0n) is 19.5. The molecule has 0 heterocycles. The van der Waals surface area contributed by atoms with E-state index in [0.29, 0.717) is 11.1 Å². The molecule has 186 valence electrons. The van der Waals surface area contributed by atoms with E-state index in [1.165, 1.54) is 49.4 Å². The molecule has 0 saturated heterocycles. The van der Waals surface area contributed by atoms with Crippen molar-refractivity contribution in [1.82, 2.24) is 10.6 Å². The second-order valence-electron chi connectivity index (χ2n) is 7.83. The van der Waals surface area contributed by atoms with Gasteiger partial charge < -0.3 is 19.9 Å². The summed E-state index contributed by atoms with van der Waals surface area (Å²) in [5.74, 6) is -2.57. The molecule has 0 aromatic heterocycles. The molecule has 0 radical (unpaired) electrons. The van der Waals surface area contributed by atoms with Crippen LogP contribution in [0.3, 0.4) is 0 Å². The standard InChI is InChI=1S/C26H24N2O7S/c1-17-8-14-22(15-9-17)36(33,34)35-21-12-10-19(11-13-21)16-23(25(30)27-18(2)26(31)32)28-24(29)20-6-4-3-5-7-20/h3-16,18H,1-2H3,(H,27,30)(H,28,29)(H,31,32)/b23-16+. The van der Waals surface area contributed by atoms with Gasteiger partial charge in [-0.2, -0.15) is 8.42 Å². The van der Waals surface area contributed by atoms with E-state index < -0.39 is 33.9 Å². The van der Waals surface area contributed by atoms with Crippen LogP contribution in [0.2, 0.25) is 0 Å². The number of carbonyl (C=O) groups is 3. The van der Waals surface area contributed by atoms with Crippen LogP contribution in [0.1, 0.15) is 28.4 Å². The van der Waals surface area contributed by atoms with Gasteiger partial charge in [0.05, 0.1) is 0 Å². The Bertz CT molecular complexity index is 1380. The Labute approximate surface area is 208 Å². The van der Waals surface area contributed by atoms with Crippen molar-refractivity contribution in [3.63, 3.8) is 0 Å². The number of carbonyl (C=O) groups excluding carboxylic acids is 2. The third-order valence-corrected chi connectivity index (χ3v) is 6.21. The van der Waals surface area contributed by atoms with Gasteiger partial charge in [0.25, 0.3) is 11.8 Å². The minimum atomic E-state index is -4.04. The van der Waals surface area contributed by atoms with E-state index in [1.807, 2.05) is 6.92 Å². The highest BCUT2D eigenvalue weighted by molar-refractivity contribution is 7.87. The first-order valence-corrected chi connectivity index (χ1v) is 12.2. The van der Waals surface area contributed by atoms with Crippen LogP contribution in [0, 0.1) is 6.92 Å². The summed E-state index contributed by atoms with van der Waals surface area (Å²) < 4.78 is 30.2. The van der Waals surface area contributed by atoms with Gasteiger partial charge in [0.15, 0.2) is 0 Å². The number of aliphatic carboxylic acids is 1. The molecule has 3 aromatic rings. The van der Waals surface area contributed by atoms with Crippen molar-refractivity contribution in [3.8, 4) is 5.75 Å². The fourth-order valence-corrected chi connectivity index (χ4v) is 3.87. The predicted octanol–water partition coefficient (Wildman–Crippen LogP) is 3.12. The fraction of sp³-hybridized carbons (Fsp3) is 0.115. The number of benzene rings is 3. The molecule has 0 aliphatic heterocycles. The number of aryl methyl sites for hydroxylation is 1. The molecule has 1 unspecified atom stereocenters. The van der Waals surface area contributed by atoms with E-state index in [1.54, 1.807) is 42.5 Å². The summed E-state index contributed by atoms with van der Waals surface area (Å²) in [5.41, 5.74) is 1.43. The summed E-state index contributed by atoms with van der Waals surface area (Å²) in [6.07, 6.45) is 1.34. The smallest absolute Gasteiger partial charge is 0.339 e. The molecule has 0 aliphatic carbocycles. The molecule has 0 fully saturated rings. The van der Waals surface area contributed by atoms with Crippen LogP contribution < -0.4 is 14.8 Å². The first-order chi connectivity index (χ1) is 17.0. The molecule has 3 rings (SSSR count). The zero-order chi connectivity index (χ0) is 26.3. The summed E-state index contributed by atoms with van der Waals surface area (Å²) in [6, 6.07) is 19.0. The Morgan fingerprint density at radius 1 is 0.917 bits per heavy atom. The molecule has 1 atom stereocenters. The van der Waals surface area contributed by atoms with Gasteiger partial charge in [0.1, 0.15) is 22.4 Å². The van der Waals surface area contributed by atoms with Gasteiger partial charge in [-0.3, -0.25) is 14.4 Å². The lowest BCUT2D eigenvalue weighted by atomic mass is 10.1. The second-order valence-corrected chi connectivity index (χ2v) is 9.38. The second kappa shape index (κ2) is 11.3. The van der Waals surface area contributed by atoms with Crippen molar-refractivity contribution in [2.45, 2.75) is 24.8 Å². The summed E-state index contributed by atoms with van der Waals surface area (Å²) in [7, 11) is -4.04. The quantitative estimate of drug-likeness (QED) is 0.298. The Morgan fingerprint density at radius 2 is 1.53 bits per heavy atom. The molecule has 3 aromatic carbocycles. The third-order valence-electron chi connectivity index (χ3n) is 4.95. The first-order valence-electron chi connectivity index (χ1n) is 10.8. The number of nitrogens with one attached hydrogen (secondary N) is 2. The largest absolute Gasteiger partial charge is 0.480 e. The van der Waals surface area contributed by atoms with Crippen LogP contribution in [0.15, 0.2) is 89.5 Å². The van der Waals surface area contributed by atoms with E-state index in [-0.39, 0.29) is 16.3 Å². The SMILES string of the molecule is Cc1ccc(S(=O)(=O)Oc2ccc(/C=C(/NC(=O)c3ccccc3)C(=O)NC(C)C(=O)O)cc2)cc1. The van der Waals surface area contributed by atoms with Crippen molar-refractivity contribution < 1.29 is 32.1 Å². The molecule has 9 nitrogen and oxygen atoms in total. The Kier molecular flexibility index (Phi) is 8.23. The number of amides is 2. The average Bonchev–Trinajstić information content (AvgIpc) is 2.85. The molecule has 0 bridgehead atoms. The molecular weight excluding hydrogens is 484 g/mol. The van der Waals surface area contributed by atoms with E-state index in [9.17, 15) is 22.8 Å². The number of hydrogen-bond acceptors (Lipinski definition) is 6. The van der Waals surface area contributed by atoms with Crippen molar-refractivity contribution in [2.24, 2.45) is 0 Å². The van der Waals surface area contributed by atoms with Crippen LogP contribution in [0.5, 0.6) is 5.75 Å². The van der Waals surface area contributed by atoms with Crippen molar-refractivity contribution in [3.05, 3.63) is 101 Å². The molecule has 0 aliphatic rings. The maximum Gasteiger partial charge on any atom is 0.339 e. The van der Waals surface area contributed by atoms with Crippen molar-refractivity contribution in [2.75, 3.05) is 0 Å². The van der Waals surface area contributed by atoms with E-state index in [4.69, 9.17) is 9.29 Å². The molecule has 0 saturated carbocycles. The lowest BCUT2D eigenvalue weighted by Crippen LogP contribution is -2.42. The van der Waals surface area contributed by atoms with Gasteiger partial charge in [-0.05, 0) is 61.9 Å². The number of carboxylic acids is 1. The molecule has 2 amide bonds. The van der Waals surface area contributed by atoms with Gasteiger partial charge in [-0.15, -0.1) is 0 Å². The van der Waals surface area contributed by atoms with Gasteiger partial charge in [-0.25, -0.2) is 0 Å². The van der Waals surface area contributed by atoms with Crippen LogP contribution in [-0.2, 0) is 19.7 Å². The molecule has 0 spiro atoms. The van der Waals surface area contributed by atoms with Crippen molar-refractivity contribution in [1.29, 1.82) is 0 Å². The first kappa shape index (κ1) is 26.2. The lowest BCUT2D eigenvalue weighted by Gasteiger charge is -2.13. The van der Waals surface area contributed by atoms with E-state index in [2.05, 4.69) is 10.6 Å². The van der Waals surface area contributed by atoms with E-state index >= 15 is 0 Å². The van der Waals surface area contributed by atoms with E-state index in [0.717, 1.165) is 5.56 Å². The zero-order valence-corrected chi connectivity index (χ0v) is 20.3. The van der Waals surface area contributed by atoms with Gasteiger partial charge in [-0.1, -0.05) is 48.0 Å². The summed E-state index contributed by atoms with van der Waals surface area (Å²) in [4.78, 5) is 36.5. The highest BCUT2D eigenvalue weighted by Crippen LogP contribution is 2.20. The normalized spacial score (nSPS) is 12.3. The predicted molar refractivity (Wildman–Crippen MR) is 133 cm³/mol. The third kappa shape index (κ3) is 7.03. The fourth-order valence-electron chi connectivity index (χ4n) is 2.94. The Hall–Kier alpha value is -4.44. The Balaban J connectivity index is 1.83. The minimum Gasteiger partial charge on any atom is -0.480 e. The van der Waals surface area contributed by atoms with Crippen LogP contribution in [0.4, 0.5) is 0 Å². The van der Waals surface area contributed by atoms with Crippen LogP contribution in [-0.4, -0.2) is 37.3 Å². The van der Waals surface area contributed by atoms with Gasteiger partial charge in [0.2, 0.25) is 0 Å². The maximum absolute atomic E-state index is 12.7. The minimum absolute atomic E-state index is 0.00667.